The molecule has 0 saturated heterocycles. The second-order valence-corrected chi connectivity index (χ2v) is 3.78. The molecule has 0 fully saturated rings. The average molecular weight is 190 g/mol. The fourth-order valence-electron chi connectivity index (χ4n) is 1.45. The van der Waals surface area contributed by atoms with Crippen molar-refractivity contribution in [3.8, 4) is 5.75 Å². The van der Waals surface area contributed by atoms with Crippen LogP contribution in [0.25, 0.3) is 0 Å². The molecule has 1 radical (unpaired) electrons. The quantitative estimate of drug-likeness (QED) is 0.626. The van der Waals surface area contributed by atoms with Gasteiger partial charge in [0.2, 0.25) is 0 Å². The Morgan fingerprint density at radius 3 is 2.71 bits per heavy atom. The fourth-order valence-corrected chi connectivity index (χ4v) is 1.45. The highest BCUT2D eigenvalue weighted by Gasteiger charge is 2.36. The highest BCUT2D eigenvalue weighted by atomic mass is 16.5. The molecule has 0 saturated carbocycles. The number of ether oxygens (including phenoxy) is 1. The van der Waals surface area contributed by atoms with E-state index in [1.807, 2.05) is 26.0 Å². The summed E-state index contributed by atoms with van der Waals surface area (Å²) in [5.41, 5.74) is -0.104. The van der Waals surface area contributed by atoms with Crippen molar-refractivity contribution >= 4 is 5.91 Å². The summed E-state index contributed by atoms with van der Waals surface area (Å²) < 4.78 is 5.64. The monoisotopic (exact) mass is 190 g/mol. The predicted molar refractivity (Wildman–Crippen MR) is 52.7 cm³/mol. The zero-order valence-electron chi connectivity index (χ0n) is 8.28. The SMILES string of the molecule is [CH2]N1C(=O)c2ccccc2OC1(C)C. The lowest BCUT2D eigenvalue weighted by molar-refractivity contribution is -0.0276. The van der Waals surface area contributed by atoms with E-state index >= 15 is 0 Å². The van der Waals surface area contributed by atoms with Crippen LogP contribution in [-0.4, -0.2) is 16.5 Å². The molecule has 3 heteroatoms. The van der Waals surface area contributed by atoms with E-state index in [4.69, 9.17) is 4.74 Å². The van der Waals surface area contributed by atoms with E-state index < -0.39 is 5.72 Å². The van der Waals surface area contributed by atoms with Gasteiger partial charge < -0.3 is 4.74 Å². The molecule has 1 amide bonds. The zero-order valence-corrected chi connectivity index (χ0v) is 8.28. The van der Waals surface area contributed by atoms with Crippen molar-refractivity contribution in [2.75, 3.05) is 0 Å². The van der Waals surface area contributed by atoms with Gasteiger partial charge in [-0.05, 0) is 26.0 Å². The van der Waals surface area contributed by atoms with Crippen LogP contribution in [0.15, 0.2) is 24.3 Å². The van der Waals surface area contributed by atoms with E-state index in [0.29, 0.717) is 11.3 Å². The van der Waals surface area contributed by atoms with Gasteiger partial charge in [-0.25, -0.2) is 0 Å². The van der Waals surface area contributed by atoms with Crippen LogP contribution >= 0.6 is 0 Å². The molecule has 1 heterocycles. The summed E-state index contributed by atoms with van der Waals surface area (Å²) in [5.74, 6) is 0.527. The number of hydrogen-bond donors (Lipinski definition) is 0. The number of benzene rings is 1. The maximum Gasteiger partial charge on any atom is 0.260 e. The molecule has 1 aromatic carbocycles. The van der Waals surface area contributed by atoms with E-state index in [1.54, 1.807) is 12.1 Å². The lowest BCUT2D eigenvalue weighted by Gasteiger charge is -2.40. The van der Waals surface area contributed by atoms with Crippen molar-refractivity contribution in [1.29, 1.82) is 0 Å². The van der Waals surface area contributed by atoms with Crippen LogP contribution in [0.5, 0.6) is 5.75 Å². The topological polar surface area (TPSA) is 29.5 Å². The van der Waals surface area contributed by atoms with Crippen molar-refractivity contribution in [2.45, 2.75) is 19.6 Å². The van der Waals surface area contributed by atoms with Gasteiger partial charge in [0.1, 0.15) is 5.75 Å². The standard InChI is InChI=1S/C11H12NO2/c1-11(2)12(3)10(13)8-6-4-5-7-9(8)14-11/h4-7H,3H2,1-2H3. The third kappa shape index (κ3) is 1.16. The first-order valence-electron chi connectivity index (χ1n) is 4.45. The van der Waals surface area contributed by atoms with Gasteiger partial charge in [-0.15, -0.1) is 0 Å². The van der Waals surface area contributed by atoms with E-state index in [-0.39, 0.29) is 5.91 Å². The first kappa shape index (κ1) is 9.06. The van der Waals surface area contributed by atoms with Crippen molar-refractivity contribution in [3.63, 3.8) is 0 Å². The average Bonchev–Trinajstić information content (AvgIpc) is 2.14. The lowest BCUT2D eigenvalue weighted by atomic mass is 10.1. The molecule has 73 valence electrons. The van der Waals surface area contributed by atoms with Gasteiger partial charge in [0.25, 0.3) is 5.91 Å². The highest BCUT2D eigenvalue weighted by Crippen LogP contribution is 2.32. The summed E-state index contributed by atoms with van der Waals surface area (Å²) in [6.45, 7) is 3.63. The van der Waals surface area contributed by atoms with Gasteiger partial charge in [-0.3, -0.25) is 9.69 Å². The van der Waals surface area contributed by atoms with Gasteiger partial charge in [0, 0.05) is 7.05 Å². The third-order valence-corrected chi connectivity index (χ3v) is 2.37. The van der Waals surface area contributed by atoms with E-state index in [9.17, 15) is 4.79 Å². The second kappa shape index (κ2) is 2.74. The van der Waals surface area contributed by atoms with Gasteiger partial charge in [-0.1, -0.05) is 12.1 Å². The Labute approximate surface area is 83.3 Å². The zero-order chi connectivity index (χ0) is 10.3. The Kier molecular flexibility index (Phi) is 1.77. The molecule has 14 heavy (non-hydrogen) atoms. The Morgan fingerprint density at radius 2 is 2.00 bits per heavy atom. The minimum atomic E-state index is -0.675. The summed E-state index contributed by atoms with van der Waals surface area (Å²) in [6, 6.07) is 7.19. The number of rotatable bonds is 0. The molecular formula is C11H12NO2. The van der Waals surface area contributed by atoms with Crippen LogP contribution in [0.4, 0.5) is 0 Å². The molecule has 1 aromatic rings. The van der Waals surface area contributed by atoms with Crippen molar-refractivity contribution in [3.05, 3.63) is 36.9 Å². The Morgan fingerprint density at radius 1 is 1.36 bits per heavy atom. The van der Waals surface area contributed by atoms with Crippen LogP contribution in [0.3, 0.4) is 0 Å². The number of carbonyl (C=O) groups excluding carboxylic acids is 1. The number of hydrogen-bond acceptors (Lipinski definition) is 2. The molecule has 0 bridgehead atoms. The largest absolute Gasteiger partial charge is 0.468 e. The molecule has 0 N–H and O–H groups in total. The maximum atomic E-state index is 11.8. The van der Waals surface area contributed by atoms with Crippen LogP contribution in [0, 0.1) is 7.05 Å². The van der Waals surface area contributed by atoms with Gasteiger partial charge >= 0.3 is 0 Å². The van der Waals surface area contributed by atoms with Crippen molar-refractivity contribution in [1.82, 2.24) is 4.90 Å². The minimum absolute atomic E-state index is 0.100. The Hall–Kier alpha value is -1.51. The van der Waals surface area contributed by atoms with Crippen LogP contribution < -0.4 is 4.74 Å². The summed E-state index contributed by atoms with van der Waals surface area (Å²) in [4.78, 5) is 13.2. The van der Waals surface area contributed by atoms with Gasteiger partial charge in [0.05, 0.1) is 5.56 Å². The number of carbonyl (C=O) groups is 1. The molecule has 0 unspecified atom stereocenters. The van der Waals surface area contributed by atoms with Crippen LogP contribution in [-0.2, 0) is 0 Å². The van der Waals surface area contributed by atoms with Gasteiger partial charge in [-0.2, -0.15) is 0 Å². The molecule has 3 nitrogen and oxygen atoms in total. The first-order valence-corrected chi connectivity index (χ1v) is 4.45. The Bertz CT molecular complexity index is 385. The van der Waals surface area contributed by atoms with Crippen LogP contribution in [0.1, 0.15) is 24.2 Å². The maximum absolute atomic E-state index is 11.8. The second-order valence-electron chi connectivity index (χ2n) is 3.78. The van der Waals surface area contributed by atoms with E-state index in [0.717, 1.165) is 0 Å². The van der Waals surface area contributed by atoms with E-state index in [2.05, 4.69) is 7.05 Å². The third-order valence-electron chi connectivity index (χ3n) is 2.37. The van der Waals surface area contributed by atoms with Crippen molar-refractivity contribution < 1.29 is 9.53 Å². The molecule has 0 spiro atoms. The summed E-state index contributed by atoms with van der Waals surface area (Å²) in [7, 11) is 3.69. The first-order chi connectivity index (χ1) is 6.52. The number of nitrogens with zero attached hydrogens (tertiary/aromatic N) is 1. The number of amides is 1. The highest BCUT2D eigenvalue weighted by molar-refractivity contribution is 5.98. The van der Waals surface area contributed by atoms with E-state index in [1.165, 1.54) is 4.90 Å². The van der Waals surface area contributed by atoms with Gasteiger partial charge in [0.15, 0.2) is 5.72 Å². The molecule has 0 aromatic heterocycles. The van der Waals surface area contributed by atoms with Crippen molar-refractivity contribution in [2.24, 2.45) is 0 Å². The summed E-state index contributed by atoms with van der Waals surface area (Å²) >= 11 is 0. The fraction of sp³-hybridized carbons (Fsp3) is 0.273. The molecule has 0 aliphatic carbocycles. The molecule has 0 atom stereocenters. The Balaban J connectivity index is 2.54. The molecule has 1 aliphatic heterocycles. The number of fused-ring (bicyclic) bond motifs is 1. The predicted octanol–water partition coefficient (Wildman–Crippen LogP) is 2.05. The molecule has 1 aliphatic rings. The summed E-state index contributed by atoms with van der Waals surface area (Å²) in [5, 5.41) is 0. The number of para-hydroxylation sites is 1. The molecular weight excluding hydrogens is 178 g/mol. The normalized spacial score (nSPS) is 18.8. The minimum Gasteiger partial charge on any atom is -0.468 e. The lowest BCUT2D eigenvalue weighted by Crippen LogP contribution is -2.51. The smallest absolute Gasteiger partial charge is 0.260 e. The van der Waals surface area contributed by atoms with Crippen LogP contribution in [0.2, 0.25) is 0 Å². The summed E-state index contributed by atoms with van der Waals surface area (Å²) in [6.07, 6.45) is 0. The molecule has 2 rings (SSSR count).